The molecule has 1 N–H and O–H groups in total. The van der Waals surface area contributed by atoms with Gasteiger partial charge in [0, 0.05) is 32.2 Å². The number of methoxy groups -OCH3 is 1. The highest BCUT2D eigenvalue weighted by atomic mass is 16.5. The molecule has 0 saturated carbocycles. The predicted octanol–water partition coefficient (Wildman–Crippen LogP) is -0.327. The minimum atomic E-state index is -0.432. The highest BCUT2D eigenvalue weighted by molar-refractivity contribution is 5.87. The van der Waals surface area contributed by atoms with Crippen LogP contribution in [0.25, 0.3) is 0 Å². The van der Waals surface area contributed by atoms with Gasteiger partial charge < -0.3 is 15.0 Å². The molecular formula is C10H14N4O2. The standard InChI is InChI=1S/C10H14N4O2/c1-16-10(15)8-6-9(13-7-12-8)14-4-2-11-3-5-14/h6-7,11H,2-5H2,1H3. The van der Waals surface area contributed by atoms with E-state index in [1.54, 1.807) is 6.07 Å². The summed E-state index contributed by atoms with van der Waals surface area (Å²) in [4.78, 5) is 21.5. The van der Waals surface area contributed by atoms with Gasteiger partial charge in [-0.2, -0.15) is 0 Å². The molecule has 0 amide bonds. The van der Waals surface area contributed by atoms with Crippen molar-refractivity contribution in [3.05, 3.63) is 18.1 Å². The molecule has 1 fully saturated rings. The first-order valence-electron chi connectivity index (χ1n) is 5.17. The van der Waals surface area contributed by atoms with Crippen molar-refractivity contribution in [3.8, 4) is 0 Å². The normalized spacial score (nSPS) is 15.9. The highest BCUT2D eigenvalue weighted by Crippen LogP contribution is 2.11. The minimum Gasteiger partial charge on any atom is -0.464 e. The van der Waals surface area contributed by atoms with Crippen molar-refractivity contribution in [1.29, 1.82) is 0 Å². The fraction of sp³-hybridized carbons (Fsp3) is 0.500. The molecule has 0 unspecified atom stereocenters. The lowest BCUT2D eigenvalue weighted by molar-refractivity contribution is 0.0594. The van der Waals surface area contributed by atoms with E-state index in [2.05, 4.69) is 24.9 Å². The fourth-order valence-electron chi connectivity index (χ4n) is 1.63. The summed E-state index contributed by atoms with van der Waals surface area (Å²) in [5.41, 5.74) is 0.297. The van der Waals surface area contributed by atoms with E-state index >= 15 is 0 Å². The van der Waals surface area contributed by atoms with Crippen molar-refractivity contribution in [2.24, 2.45) is 0 Å². The number of esters is 1. The Bertz CT molecular complexity index is 377. The minimum absolute atomic E-state index is 0.297. The van der Waals surface area contributed by atoms with Crippen LogP contribution in [0.15, 0.2) is 12.4 Å². The first-order valence-corrected chi connectivity index (χ1v) is 5.17. The molecule has 0 aliphatic carbocycles. The van der Waals surface area contributed by atoms with E-state index in [1.165, 1.54) is 13.4 Å². The Hall–Kier alpha value is -1.69. The van der Waals surface area contributed by atoms with E-state index < -0.39 is 5.97 Å². The molecule has 2 heterocycles. The molecule has 1 aromatic rings. The van der Waals surface area contributed by atoms with Gasteiger partial charge in [-0.05, 0) is 0 Å². The van der Waals surface area contributed by atoms with Crippen LogP contribution >= 0.6 is 0 Å². The Morgan fingerprint density at radius 2 is 2.19 bits per heavy atom. The van der Waals surface area contributed by atoms with Crippen molar-refractivity contribution in [3.63, 3.8) is 0 Å². The van der Waals surface area contributed by atoms with Crippen LogP contribution in [0.3, 0.4) is 0 Å². The number of ether oxygens (including phenoxy) is 1. The van der Waals surface area contributed by atoms with Crippen molar-refractivity contribution in [2.45, 2.75) is 0 Å². The predicted molar refractivity (Wildman–Crippen MR) is 58.5 cm³/mol. The number of nitrogens with one attached hydrogen (secondary N) is 1. The van der Waals surface area contributed by atoms with Gasteiger partial charge in [0.05, 0.1) is 7.11 Å². The molecule has 0 radical (unpaired) electrons. The van der Waals surface area contributed by atoms with Gasteiger partial charge in [0.15, 0.2) is 5.69 Å². The molecule has 0 bridgehead atoms. The number of hydrogen-bond acceptors (Lipinski definition) is 6. The van der Waals surface area contributed by atoms with Crippen LogP contribution < -0.4 is 10.2 Å². The number of rotatable bonds is 2. The molecule has 1 aliphatic rings. The molecule has 2 rings (SSSR count). The van der Waals surface area contributed by atoms with E-state index in [4.69, 9.17) is 0 Å². The maximum absolute atomic E-state index is 11.3. The number of hydrogen-bond donors (Lipinski definition) is 1. The zero-order valence-electron chi connectivity index (χ0n) is 9.14. The number of anilines is 1. The Labute approximate surface area is 93.6 Å². The number of nitrogens with zero attached hydrogens (tertiary/aromatic N) is 3. The number of aromatic nitrogens is 2. The Morgan fingerprint density at radius 1 is 1.44 bits per heavy atom. The van der Waals surface area contributed by atoms with E-state index in [0.717, 1.165) is 32.0 Å². The van der Waals surface area contributed by atoms with Crippen molar-refractivity contribution < 1.29 is 9.53 Å². The second-order valence-electron chi connectivity index (χ2n) is 3.49. The Morgan fingerprint density at radius 3 is 2.88 bits per heavy atom. The summed E-state index contributed by atoms with van der Waals surface area (Å²) in [6.07, 6.45) is 1.39. The zero-order valence-corrected chi connectivity index (χ0v) is 9.14. The molecular weight excluding hydrogens is 208 g/mol. The van der Waals surface area contributed by atoms with Crippen LogP contribution in [0.1, 0.15) is 10.5 Å². The fourth-order valence-corrected chi connectivity index (χ4v) is 1.63. The van der Waals surface area contributed by atoms with Crippen LogP contribution in [0, 0.1) is 0 Å². The summed E-state index contributed by atoms with van der Waals surface area (Å²) < 4.78 is 4.62. The quantitative estimate of drug-likeness (QED) is 0.691. The smallest absolute Gasteiger partial charge is 0.356 e. The van der Waals surface area contributed by atoms with Crippen LogP contribution in [0.4, 0.5) is 5.82 Å². The topological polar surface area (TPSA) is 67.3 Å². The zero-order chi connectivity index (χ0) is 11.4. The number of piperazine rings is 1. The lowest BCUT2D eigenvalue weighted by atomic mass is 10.3. The summed E-state index contributed by atoms with van der Waals surface area (Å²) >= 11 is 0. The molecule has 6 heteroatoms. The van der Waals surface area contributed by atoms with Gasteiger partial charge in [-0.15, -0.1) is 0 Å². The molecule has 86 valence electrons. The van der Waals surface area contributed by atoms with Crippen molar-refractivity contribution in [1.82, 2.24) is 15.3 Å². The molecule has 0 spiro atoms. The van der Waals surface area contributed by atoms with Crippen LogP contribution in [-0.2, 0) is 4.74 Å². The number of carbonyl (C=O) groups excluding carboxylic acids is 1. The maximum atomic E-state index is 11.3. The third-order valence-electron chi connectivity index (χ3n) is 2.49. The third kappa shape index (κ3) is 2.27. The number of carbonyl (C=O) groups is 1. The van der Waals surface area contributed by atoms with Crippen LogP contribution in [-0.4, -0.2) is 49.2 Å². The second-order valence-corrected chi connectivity index (χ2v) is 3.49. The largest absolute Gasteiger partial charge is 0.464 e. The maximum Gasteiger partial charge on any atom is 0.356 e. The van der Waals surface area contributed by atoms with Crippen LogP contribution in [0.5, 0.6) is 0 Å². The summed E-state index contributed by atoms with van der Waals surface area (Å²) in [5.74, 6) is 0.343. The van der Waals surface area contributed by atoms with Gasteiger partial charge in [-0.3, -0.25) is 0 Å². The van der Waals surface area contributed by atoms with E-state index in [9.17, 15) is 4.79 Å². The summed E-state index contributed by atoms with van der Waals surface area (Å²) in [6, 6.07) is 1.66. The summed E-state index contributed by atoms with van der Waals surface area (Å²) in [7, 11) is 1.34. The molecule has 0 aromatic carbocycles. The van der Waals surface area contributed by atoms with Crippen molar-refractivity contribution >= 4 is 11.8 Å². The summed E-state index contributed by atoms with van der Waals surface area (Å²) in [6.45, 7) is 3.63. The average molecular weight is 222 g/mol. The Kier molecular flexibility index (Phi) is 3.31. The first-order chi connectivity index (χ1) is 7.81. The molecule has 1 aliphatic heterocycles. The van der Waals surface area contributed by atoms with Gasteiger partial charge in [-0.25, -0.2) is 14.8 Å². The van der Waals surface area contributed by atoms with Gasteiger partial charge >= 0.3 is 5.97 Å². The Balaban J connectivity index is 2.17. The average Bonchev–Trinajstić information content (AvgIpc) is 2.39. The van der Waals surface area contributed by atoms with Crippen LogP contribution in [0.2, 0.25) is 0 Å². The van der Waals surface area contributed by atoms with Gasteiger partial charge in [0.25, 0.3) is 0 Å². The van der Waals surface area contributed by atoms with E-state index in [0.29, 0.717) is 5.69 Å². The molecule has 0 atom stereocenters. The van der Waals surface area contributed by atoms with E-state index in [1.807, 2.05) is 0 Å². The third-order valence-corrected chi connectivity index (χ3v) is 2.49. The van der Waals surface area contributed by atoms with Crippen molar-refractivity contribution in [2.75, 3.05) is 38.2 Å². The highest BCUT2D eigenvalue weighted by Gasteiger charge is 2.14. The van der Waals surface area contributed by atoms with Gasteiger partial charge in [-0.1, -0.05) is 0 Å². The van der Waals surface area contributed by atoms with Gasteiger partial charge in [0.1, 0.15) is 12.1 Å². The second kappa shape index (κ2) is 4.89. The lowest BCUT2D eigenvalue weighted by Gasteiger charge is -2.28. The van der Waals surface area contributed by atoms with Gasteiger partial charge in [0.2, 0.25) is 0 Å². The lowest BCUT2D eigenvalue weighted by Crippen LogP contribution is -2.44. The molecule has 1 aromatic heterocycles. The monoisotopic (exact) mass is 222 g/mol. The molecule has 1 saturated heterocycles. The first kappa shape index (κ1) is 10.8. The van der Waals surface area contributed by atoms with E-state index in [-0.39, 0.29) is 0 Å². The molecule has 6 nitrogen and oxygen atoms in total. The SMILES string of the molecule is COC(=O)c1cc(N2CCNCC2)ncn1. The molecule has 16 heavy (non-hydrogen) atoms. The summed E-state index contributed by atoms with van der Waals surface area (Å²) in [5, 5.41) is 3.26.